The highest BCUT2D eigenvalue weighted by atomic mass is 32.2. The van der Waals surface area contributed by atoms with E-state index in [4.69, 9.17) is 0 Å². The monoisotopic (exact) mass is 396 g/mol. The highest BCUT2D eigenvalue weighted by molar-refractivity contribution is 7.92. The number of aryl methyl sites for hydroxylation is 3. The lowest BCUT2D eigenvalue weighted by Gasteiger charge is -2.11. The number of nitrogens with zero attached hydrogens (tertiary/aromatic N) is 5. The van der Waals surface area contributed by atoms with Crippen LogP contribution in [-0.4, -0.2) is 33.0 Å². The Kier molecular flexibility index (Phi) is 4.38. The largest absolute Gasteiger partial charge is 0.264 e. The number of fused-ring (bicyclic) bond motifs is 1. The molecule has 0 radical (unpaired) electrons. The molecule has 0 aliphatic heterocycles. The average Bonchev–Trinajstić information content (AvgIpc) is 3.20. The van der Waals surface area contributed by atoms with Crippen molar-refractivity contribution in [3.05, 3.63) is 65.6 Å². The third-order valence-corrected chi connectivity index (χ3v) is 5.88. The standard InChI is InChI=1S/C19H20N6O2S/c1-13-4-6-15(7-5-13)12-25-18(8-9-21-25)23-28(26,27)16-10-17-14(2)22-24(3)19(17)20-11-16/h4-11,23H,12H2,1-3H3. The SMILES string of the molecule is Cc1ccc(Cn2nccc2NS(=O)(=O)c2cnc3c(c2)c(C)nn3C)cc1. The number of benzene rings is 1. The van der Waals surface area contributed by atoms with E-state index in [0.717, 1.165) is 11.3 Å². The maximum absolute atomic E-state index is 12.9. The fraction of sp³-hybridized carbons (Fsp3) is 0.211. The van der Waals surface area contributed by atoms with Gasteiger partial charge in [0.1, 0.15) is 10.7 Å². The van der Waals surface area contributed by atoms with Crippen LogP contribution in [0.25, 0.3) is 11.0 Å². The summed E-state index contributed by atoms with van der Waals surface area (Å²) in [6.07, 6.45) is 2.91. The molecule has 0 amide bonds. The normalized spacial score (nSPS) is 11.8. The lowest BCUT2D eigenvalue weighted by molar-refractivity contribution is 0.599. The molecule has 1 aromatic carbocycles. The Balaban J connectivity index is 1.63. The molecule has 3 aromatic heterocycles. The summed E-state index contributed by atoms with van der Waals surface area (Å²) in [6.45, 7) is 4.31. The average molecular weight is 396 g/mol. The van der Waals surface area contributed by atoms with Crippen molar-refractivity contribution < 1.29 is 8.42 Å². The summed E-state index contributed by atoms with van der Waals surface area (Å²) in [6, 6.07) is 11.2. The molecule has 4 rings (SSSR count). The van der Waals surface area contributed by atoms with Crippen LogP contribution in [0.5, 0.6) is 0 Å². The van der Waals surface area contributed by atoms with Crippen molar-refractivity contribution in [2.45, 2.75) is 25.3 Å². The van der Waals surface area contributed by atoms with Crippen LogP contribution in [0.3, 0.4) is 0 Å². The van der Waals surface area contributed by atoms with Gasteiger partial charge in [0.25, 0.3) is 10.0 Å². The summed E-state index contributed by atoms with van der Waals surface area (Å²) in [5.74, 6) is 0.392. The minimum atomic E-state index is -3.81. The maximum Gasteiger partial charge on any atom is 0.264 e. The second-order valence-corrected chi connectivity index (χ2v) is 8.40. The van der Waals surface area contributed by atoms with Crippen LogP contribution >= 0.6 is 0 Å². The smallest absolute Gasteiger partial charge is 0.264 e. The fourth-order valence-corrected chi connectivity index (χ4v) is 4.08. The van der Waals surface area contributed by atoms with Gasteiger partial charge in [0.15, 0.2) is 5.65 Å². The van der Waals surface area contributed by atoms with Crippen molar-refractivity contribution in [2.24, 2.45) is 7.05 Å². The molecule has 0 saturated carbocycles. The minimum Gasteiger partial charge on any atom is -0.264 e. The van der Waals surface area contributed by atoms with Gasteiger partial charge in [-0.1, -0.05) is 29.8 Å². The molecule has 0 bridgehead atoms. The van der Waals surface area contributed by atoms with E-state index in [0.29, 0.717) is 23.4 Å². The summed E-state index contributed by atoms with van der Waals surface area (Å²) in [7, 11) is -2.04. The predicted octanol–water partition coefficient (Wildman–Crippen LogP) is 2.63. The van der Waals surface area contributed by atoms with Crippen molar-refractivity contribution in [1.29, 1.82) is 0 Å². The van der Waals surface area contributed by atoms with E-state index in [2.05, 4.69) is 19.9 Å². The zero-order chi connectivity index (χ0) is 19.9. The Morgan fingerprint density at radius 2 is 1.86 bits per heavy atom. The van der Waals surface area contributed by atoms with Crippen LogP contribution in [0.2, 0.25) is 0 Å². The van der Waals surface area contributed by atoms with Gasteiger partial charge in [0.05, 0.1) is 18.4 Å². The molecule has 0 spiro atoms. The second kappa shape index (κ2) is 6.75. The zero-order valence-electron chi connectivity index (χ0n) is 15.8. The van der Waals surface area contributed by atoms with Crippen LogP contribution in [0.15, 0.2) is 53.7 Å². The maximum atomic E-state index is 12.9. The predicted molar refractivity (Wildman–Crippen MR) is 107 cm³/mol. The Labute approximate surface area is 162 Å². The number of aromatic nitrogens is 5. The molecule has 0 unspecified atom stereocenters. The number of pyridine rings is 1. The number of anilines is 1. The third-order valence-electron chi connectivity index (χ3n) is 4.56. The molecule has 0 aliphatic carbocycles. The number of hydrogen-bond donors (Lipinski definition) is 1. The van der Waals surface area contributed by atoms with Gasteiger partial charge in [0, 0.05) is 24.7 Å². The van der Waals surface area contributed by atoms with Crippen LogP contribution in [0.4, 0.5) is 5.82 Å². The molecule has 4 aromatic rings. The van der Waals surface area contributed by atoms with Gasteiger partial charge in [0.2, 0.25) is 0 Å². The molecule has 0 aliphatic rings. The van der Waals surface area contributed by atoms with Gasteiger partial charge < -0.3 is 0 Å². The molecule has 3 heterocycles. The first-order chi connectivity index (χ1) is 13.3. The number of hydrogen-bond acceptors (Lipinski definition) is 5. The Morgan fingerprint density at radius 3 is 2.61 bits per heavy atom. The highest BCUT2D eigenvalue weighted by Crippen LogP contribution is 2.22. The van der Waals surface area contributed by atoms with E-state index in [1.54, 1.807) is 34.7 Å². The zero-order valence-corrected chi connectivity index (χ0v) is 16.6. The molecule has 1 N–H and O–H groups in total. The summed E-state index contributed by atoms with van der Waals surface area (Å²) < 4.78 is 31.6. The Morgan fingerprint density at radius 1 is 1.11 bits per heavy atom. The molecule has 0 fully saturated rings. The van der Waals surface area contributed by atoms with Crippen molar-refractivity contribution in [1.82, 2.24) is 24.5 Å². The quantitative estimate of drug-likeness (QED) is 0.560. The number of nitrogens with one attached hydrogen (secondary N) is 1. The van der Waals surface area contributed by atoms with E-state index in [1.165, 1.54) is 11.8 Å². The lowest BCUT2D eigenvalue weighted by Crippen LogP contribution is -2.17. The highest BCUT2D eigenvalue weighted by Gasteiger charge is 2.19. The van der Waals surface area contributed by atoms with Gasteiger partial charge in [-0.2, -0.15) is 10.2 Å². The van der Waals surface area contributed by atoms with Crippen molar-refractivity contribution >= 4 is 26.9 Å². The van der Waals surface area contributed by atoms with E-state index in [-0.39, 0.29) is 4.90 Å². The summed E-state index contributed by atoms with van der Waals surface area (Å²) >= 11 is 0. The minimum absolute atomic E-state index is 0.0826. The van der Waals surface area contributed by atoms with Crippen molar-refractivity contribution in [3.8, 4) is 0 Å². The van der Waals surface area contributed by atoms with Crippen LogP contribution in [-0.2, 0) is 23.6 Å². The number of sulfonamides is 1. The first-order valence-corrected chi connectivity index (χ1v) is 10.2. The van der Waals surface area contributed by atoms with Gasteiger partial charge in [-0.25, -0.2) is 18.1 Å². The van der Waals surface area contributed by atoms with Gasteiger partial charge >= 0.3 is 0 Å². The summed E-state index contributed by atoms with van der Waals surface area (Å²) in [4.78, 5) is 4.34. The Hall–Kier alpha value is -3.20. The summed E-state index contributed by atoms with van der Waals surface area (Å²) in [5, 5.41) is 9.23. The molecular weight excluding hydrogens is 376 g/mol. The van der Waals surface area contributed by atoms with Crippen LogP contribution in [0, 0.1) is 13.8 Å². The van der Waals surface area contributed by atoms with Crippen molar-refractivity contribution in [2.75, 3.05) is 4.72 Å². The molecule has 9 heteroatoms. The molecule has 28 heavy (non-hydrogen) atoms. The van der Waals surface area contributed by atoms with E-state index >= 15 is 0 Å². The first-order valence-electron chi connectivity index (χ1n) is 8.73. The van der Waals surface area contributed by atoms with Crippen LogP contribution in [0.1, 0.15) is 16.8 Å². The molecule has 144 valence electrons. The first kappa shape index (κ1) is 18.2. The van der Waals surface area contributed by atoms with E-state index in [9.17, 15) is 8.42 Å². The molecular formula is C19H20N6O2S. The molecule has 0 saturated heterocycles. The third kappa shape index (κ3) is 3.36. The second-order valence-electron chi connectivity index (χ2n) is 6.72. The molecule has 8 nitrogen and oxygen atoms in total. The fourth-order valence-electron chi connectivity index (χ4n) is 3.04. The Bertz CT molecular complexity index is 1260. The van der Waals surface area contributed by atoms with Crippen LogP contribution < -0.4 is 4.72 Å². The summed E-state index contributed by atoms with van der Waals surface area (Å²) in [5.41, 5.74) is 3.56. The van der Waals surface area contributed by atoms with Crippen molar-refractivity contribution in [3.63, 3.8) is 0 Å². The lowest BCUT2D eigenvalue weighted by atomic mass is 10.1. The number of rotatable bonds is 5. The molecule has 0 atom stereocenters. The topological polar surface area (TPSA) is 94.7 Å². The van der Waals surface area contributed by atoms with E-state index in [1.807, 2.05) is 38.1 Å². The van der Waals surface area contributed by atoms with Gasteiger partial charge in [-0.15, -0.1) is 0 Å². The van der Waals surface area contributed by atoms with Gasteiger partial charge in [-0.05, 0) is 25.5 Å². The van der Waals surface area contributed by atoms with E-state index < -0.39 is 10.0 Å². The van der Waals surface area contributed by atoms with Gasteiger partial charge in [-0.3, -0.25) is 9.40 Å².